The maximum Gasteiger partial charge on any atom is 0.244 e. The van der Waals surface area contributed by atoms with Gasteiger partial charge in [0, 0.05) is 4.47 Å². The first kappa shape index (κ1) is 20.6. The molecule has 3 rings (SSSR count). The lowest BCUT2D eigenvalue weighted by atomic mass is 10.1. The van der Waals surface area contributed by atoms with Gasteiger partial charge < -0.3 is 9.47 Å². The normalized spacial score (nSPS) is 10.7. The van der Waals surface area contributed by atoms with Gasteiger partial charge in [-0.15, -0.1) is 0 Å². The van der Waals surface area contributed by atoms with E-state index in [0.29, 0.717) is 18.1 Å². The zero-order valence-corrected chi connectivity index (χ0v) is 17.6. The number of nitrogens with zero attached hydrogens (tertiary/aromatic N) is 1. The molecular formula is C23H21BrN2O3. The zero-order chi connectivity index (χ0) is 20.5. The number of amides is 1. The van der Waals surface area contributed by atoms with Gasteiger partial charge in [-0.1, -0.05) is 58.4 Å². The molecule has 3 aromatic carbocycles. The summed E-state index contributed by atoms with van der Waals surface area (Å²) >= 11 is 3.37. The first-order chi connectivity index (χ1) is 14.1. The number of rotatable bonds is 8. The lowest BCUT2D eigenvalue weighted by Crippen LogP contribution is -2.19. The van der Waals surface area contributed by atoms with Gasteiger partial charge in [-0.2, -0.15) is 5.10 Å². The smallest absolute Gasteiger partial charge is 0.244 e. The molecule has 0 saturated carbocycles. The third-order valence-corrected chi connectivity index (χ3v) is 4.63. The predicted molar refractivity (Wildman–Crippen MR) is 117 cm³/mol. The van der Waals surface area contributed by atoms with Gasteiger partial charge in [0.15, 0.2) is 11.5 Å². The van der Waals surface area contributed by atoms with Crippen molar-refractivity contribution in [3.63, 3.8) is 0 Å². The van der Waals surface area contributed by atoms with Crippen molar-refractivity contribution in [1.82, 2.24) is 5.43 Å². The van der Waals surface area contributed by atoms with Crippen LogP contribution < -0.4 is 14.9 Å². The van der Waals surface area contributed by atoms with Crippen LogP contribution in [-0.4, -0.2) is 19.2 Å². The molecule has 0 fully saturated rings. The molecule has 29 heavy (non-hydrogen) atoms. The standard InChI is InChI=1S/C23H21BrN2O3/c1-28-22-13-19(9-12-21(22)29-16-18-5-3-2-4-6-18)15-25-26-23(27)14-17-7-10-20(24)11-8-17/h2-13,15H,14,16H2,1H3,(H,26,27). The van der Waals surface area contributed by atoms with E-state index in [2.05, 4.69) is 26.5 Å². The number of hydrazone groups is 1. The highest BCUT2D eigenvalue weighted by molar-refractivity contribution is 9.10. The zero-order valence-electron chi connectivity index (χ0n) is 16.0. The summed E-state index contributed by atoms with van der Waals surface area (Å²) in [5, 5.41) is 4.02. The Kier molecular flexibility index (Phi) is 7.41. The van der Waals surface area contributed by atoms with E-state index < -0.39 is 0 Å². The summed E-state index contributed by atoms with van der Waals surface area (Å²) in [6, 6.07) is 23.0. The summed E-state index contributed by atoms with van der Waals surface area (Å²) in [6.45, 7) is 0.455. The number of ether oxygens (including phenoxy) is 2. The Morgan fingerprint density at radius 2 is 1.76 bits per heavy atom. The van der Waals surface area contributed by atoms with Crippen LogP contribution in [0.1, 0.15) is 16.7 Å². The monoisotopic (exact) mass is 452 g/mol. The molecule has 0 aromatic heterocycles. The van der Waals surface area contributed by atoms with Crippen LogP contribution in [0.4, 0.5) is 0 Å². The highest BCUT2D eigenvalue weighted by atomic mass is 79.9. The Balaban J connectivity index is 1.56. The van der Waals surface area contributed by atoms with E-state index in [4.69, 9.17) is 9.47 Å². The lowest BCUT2D eigenvalue weighted by molar-refractivity contribution is -0.120. The van der Waals surface area contributed by atoms with Crippen LogP contribution in [0.3, 0.4) is 0 Å². The first-order valence-electron chi connectivity index (χ1n) is 9.05. The van der Waals surface area contributed by atoms with Crippen LogP contribution in [0.2, 0.25) is 0 Å². The Bertz CT molecular complexity index is 973. The van der Waals surface area contributed by atoms with Crippen LogP contribution >= 0.6 is 15.9 Å². The molecule has 3 aromatic rings. The van der Waals surface area contributed by atoms with E-state index in [1.807, 2.05) is 72.8 Å². The minimum atomic E-state index is -0.182. The van der Waals surface area contributed by atoms with Gasteiger partial charge in [0.25, 0.3) is 0 Å². The SMILES string of the molecule is COc1cc(C=NNC(=O)Cc2ccc(Br)cc2)ccc1OCc1ccccc1. The Labute approximate surface area is 178 Å². The summed E-state index contributed by atoms with van der Waals surface area (Å²) < 4.78 is 12.2. The second-order valence-corrected chi connectivity index (χ2v) is 7.20. The molecule has 0 aliphatic heterocycles. The largest absolute Gasteiger partial charge is 0.493 e. The minimum absolute atomic E-state index is 0.182. The summed E-state index contributed by atoms with van der Waals surface area (Å²) in [7, 11) is 1.59. The summed E-state index contributed by atoms with van der Waals surface area (Å²) in [6.07, 6.45) is 1.84. The number of carbonyl (C=O) groups is 1. The fourth-order valence-electron chi connectivity index (χ4n) is 2.63. The van der Waals surface area contributed by atoms with Crippen molar-refractivity contribution in [3.8, 4) is 11.5 Å². The van der Waals surface area contributed by atoms with Gasteiger partial charge in [-0.25, -0.2) is 5.43 Å². The molecule has 0 heterocycles. The Morgan fingerprint density at radius 3 is 2.48 bits per heavy atom. The molecule has 0 atom stereocenters. The fraction of sp³-hybridized carbons (Fsp3) is 0.130. The van der Waals surface area contributed by atoms with Crippen molar-refractivity contribution >= 4 is 28.1 Å². The van der Waals surface area contributed by atoms with Gasteiger partial charge >= 0.3 is 0 Å². The molecule has 0 unspecified atom stereocenters. The maximum atomic E-state index is 12.0. The lowest BCUT2D eigenvalue weighted by Gasteiger charge is -2.11. The van der Waals surface area contributed by atoms with Crippen molar-refractivity contribution in [3.05, 3.63) is 94.0 Å². The van der Waals surface area contributed by atoms with Crippen LogP contribution in [0.15, 0.2) is 82.4 Å². The van der Waals surface area contributed by atoms with Crippen LogP contribution in [0.25, 0.3) is 0 Å². The molecule has 0 spiro atoms. The van der Waals surface area contributed by atoms with E-state index in [1.54, 1.807) is 13.3 Å². The van der Waals surface area contributed by atoms with Gasteiger partial charge in [-0.05, 0) is 47.0 Å². The third-order valence-electron chi connectivity index (χ3n) is 4.11. The van der Waals surface area contributed by atoms with Crippen molar-refractivity contribution in [2.75, 3.05) is 7.11 Å². The molecule has 1 N–H and O–H groups in total. The van der Waals surface area contributed by atoms with E-state index in [0.717, 1.165) is 21.2 Å². The molecular weight excluding hydrogens is 432 g/mol. The molecule has 1 amide bonds. The second kappa shape index (κ2) is 10.4. The van der Waals surface area contributed by atoms with Crippen molar-refractivity contribution < 1.29 is 14.3 Å². The Morgan fingerprint density at radius 1 is 1.00 bits per heavy atom. The van der Waals surface area contributed by atoms with Gasteiger partial charge in [0.1, 0.15) is 6.61 Å². The van der Waals surface area contributed by atoms with E-state index in [9.17, 15) is 4.79 Å². The number of carbonyl (C=O) groups excluding carboxylic acids is 1. The van der Waals surface area contributed by atoms with Crippen molar-refractivity contribution in [2.24, 2.45) is 5.10 Å². The topological polar surface area (TPSA) is 59.9 Å². The average molecular weight is 453 g/mol. The minimum Gasteiger partial charge on any atom is -0.493 e. The highest BCUT2D eigenvalue weighted by Crippen LogP contribution is 2.28. The van der Waals surface area contributed by atoms with Gasteiger partial charge in [0.2, 0.25) is 5.91 Å². The third kappa shape index (κ3) is 6.47. The van der Waals surface area contributed by atoms with Crippen molar-refractivity contribution in [2.45, 2.75) is 13.0 Å². The molecule has 5 nitrogen and oxygen atoms in total. The summed E-state index contributed by atoms with van der Waals surface area (Å²) in [5.74, 6) is 1.07. The van der Waals surface area contributed by atoms with E-state index in [1.165, 1.54) is 0 Å². The first-order valence-corrected chi connectivity index (χ1v) is 9.84. The number of nitrogens with one attached hydrogen (secondary N) is 1. The molecule has 0 saturated heterocycles. The van der Waals surface area contributed by atoms with E-state index >= 15 is 0 Å². The molecule has 0 aliphatic carbocycles. The molecule has 0 radical (unpaired) electrons. The number of benzene rings is 3. The summed E-state index contributed by atoms with van der Waals surface area (Å²) in [5.41, 5.74) is 5.33. The molecule has 148 valence electrons. The van der Waals surface area contributed by atoms with Gasteiger partial charge in [0.05, 0.1) is 19.7 Å². The summed E-state index contributed by atoms with van der Waals surface area (Å²) in [4.78, 5) is 12.0. The number of hydrogen-bond donors (Lipinski definition) is 1. The fourth-order valence-corrected chi connectivity index (χ4v) is 2.89. The molecule has 6 heteroatoms. The van der Waals surface area contributed by atoms with Crippen molar-refractivity contribution in [1.29, 1.82) is 0 Å². The number of methoxy groups -OCH3 is 1. The second-order valence-electron chi connectivity index (χ2n) is 6.28. The van der Waals surface area contributed by atoms with Crippen LogP contribution in [-0.2, 0) is 17.8 Å². The predicted octanol–water partition coefficient (Wildman–Crippen LogP) is 4.73. The highest BCUT2D eigenvalue weighted by Gasteiger charge is 2.06. The molecule has 0 bridgehead atoms. The number of hydrogen-bond acceptors (Lipinski definition) is 4. The number of halogens is 1. The molecule has 0 aliphatic rings. The van der Waals surface area contributed by atoms with Crippen LogP contribution in [0.5, 0.6) is 11.5 Å². The van der Waals surface area contributed by atoms with E-state index in [-0.39, 0.29) is 12.3 Å². The average Bonchev–Trinajstić information content (AvgIpc) is 2.75. The quantitative estimate of drug-likeness (QED) is 0.396. The Hall–Kier alpha value is -3.12. The van der Waals surface area contributed by atoms with Gasteiger partial charge in [-0.3, -0.25) is 4.79 Å². The van der Waals surface area contributed by atoms with Crippen LogP contribution in [0, 0.1) is 0 Å². The maximum absolute atomic E-state index is 12.0.